The molecule has 0 bridgehead atoms. The van der Waals surface area contributed by atoms with Crippen LogP contribution in [0.15, 0.2) is 30.3 Å². The predicted molar refractivity (Wildman–Crippen MR) is 84.3 cm³/mol. The molecule has 4 heteroatoms. The topological polar surface area (TPSA) is 36.4 Å². The number of likely N-dealkylation sites (tertiary alicyclic amines) is 1. The van der Waals surface area contributed by atoms with Crippen LogP contribution in [0.4, 0.5) is 0 Å². The Hall–Kier alpha value is -1.16. The summed E-state index contributed by atoms with van der Waals surface area (Å²) in [5.74, 6) is 1.34. The number of para-hydroxylation sites is 1. The van der Waals surface area contributed by atoms with E-state index < -0.39 is 0 Å². The Balaban J connectivity index is 1.52. The second kappa shape index (κ2) is 5.24. The van der Waals surface area contributed by atoms with Crippen LogP contribution in [-0.4, -0.2) is 34.2 Å². The number of pyridine rings is 1. The number of rotatable bonds is 2. The molecule has 2 aliphatic rings. The second-order valence-corrected chi connectivity index (χ2v) is 6.86. The number of halogens is 1. The minimum atomic E-state index is -0.0697. The van der Waals surface area contributed by atoms with Gasteiger partial charge in [-0.15, -0.1) is 0 Å². The minimum Gasteiger partial charge on any atom is -0.393 e. The fourth-order valence-corrected chi connectivity index (χ4v) is 4.19. The predicted octanol–water partition coefficient (Wildman–Crippen LogP) is 3.09. The van der Waals surface area contributed by atoms with Crippen molar-refractivity contribution in [2.75, 3.05) is 13.1 Å². The van der Waals surface area contributed by atoms with Gasteiger partial charge < -0.3 is 5.11 Å². The maximum absolute atomic E-state index is 9.71. The van der Waals surface area contributed by atoms with Gasteiger partial charge in [0.2, 0.25) is 0 Å². The van der Waals surface area contributed by atoms with E-state index in [9.17, 15) is 5.11 Å². The van der Waals surface area contributed by atoms with E-state index in [0.29, 0.717) is 11.8 Å². The highest BCUT2D eigenvalue weighted by atomic mass is 35.5. The third kappa shape index (κ3) is 2.54. The molecule has 1 N–H and O–H groups in total. The van der Waals surface area contributed by atoms with E-state index in [1.165, 1.54) is 0 Å². The summed E-state index contributed by atoms with van der Waals surface area (Å²) in [5, 5.41) is 11.5. The lowest BCUT2D eigenvalue weighted by molar-refractivity contribution is 0.161. The molecule has 2 aromatic rings. The van der Waals surface area contributed by atoms with E-state index in [-0.39, 0.29) is 6.10 Å². The summed E-state index contributed by atoms with van der Waals surface area (Å²) in [6.07, 6.45) is 1.87. The van der Waals surface area contributed by atoms with Crippen molar-refractivity contribution in [1.29, 1.82) is 0 Å². The van der Waals surface area contributed by atoms with Gasteiger partial charge in [0.15, 0.2) is 0 Å². The molecular formula is C17H19ClN2O. The van der Waals surface area contributed by atoms with Crippen LogP contribution < -0.4 is 0 Å². The van der Waals surface area contributed by atoms with Crippen LogP contribution in [0.3, 0.4) is 0 Å². The molecular weight excluding hydrogens is 284 g/mol. The molecule has 2 fully saturated rings. The fourth-order valence-electron chi connectivity index (χ4n) is 3.96. The van der Waals surface area contributed by atoms with Gasteiger partial charge in [0, 0.05) is 25.0 Å². The van der Waals surface area contributed by atoms with Gasteiger partial charge in [0.25, 0.3) is 0 Å². The highest BCUT2D eigenvalue weighted by Gasteiger charge is 2.40. The lowest BCUT2D eigenvalue weighted by atomic mass is 10.0. The van der Waals surface area contributed by atoms with Crippen molar-refractivity contribution in [3.63, 3.8) is 0 Å². The zero-order chi connectivity index (χ0) is 14.4. The first-order valence-electron chi connectivity index (χ1n) is 7.63. The Labute approximate surface area is 129 Å². The lowest BCUT2D eigenvalue weighted by Gasteiger charge is -2.17. The first-order chi connectivity index (χ1) is 10.2. The molecule has 2 heterocycles. The number of aliphatic hydroxyl groups excluding tert-OH is 1. The van der Waals surface area contributed by atoms with Crippen LogP contribution in [0.5, 0.6) is 0 Å². The molecule has 3 atom stereocenters. The zero-order valence-corrected chi connectivity index (χ0v) is 12.6. The molecule has 1 aromatic carbocycles. The number of aromatic nitrogens is 1. The molecule has 1 saturated carbocycles. The number of hydrogen-bond acceptors (Lipinski definition) is 3. The van der Waals surface area contributed by atoms with Gasteiger partial charge in [0.05, 0.1) is 22.3 Å². The average Bonchev–Trinajstić information content (AvgIpc) is 2.96. The number of nitrogens with zero attached hydrogens (tertiary/aromatic N) is 2. The summed E-state index contributed by atoms with van der Waals surface area (Å²) in [6, 6.07) is 10.1. The largest absolute Gasteiger partial charge is 0.393 e. The van der Waals surface area contributed by atoms with Crippen molar-refractivity contribution in [2.24, 2.45) is 11.8 Å². The van der Waals surface area contributed by atoms with Crippen LogP contribution in [0.2, 0.25) is 5.02 Å². The Kier molecular flexibility index (Phi) is 3.37. The first-order valence-corrected chi connectivity index (χ1v) is 8.01. The Morgan fingerprint density at radius 1 is 1.14 bits per heavy atom. The molecule has 1 aromatic heterocycles. The molecule has 4 rings (SSSR count). The summed E-state index contributed by atoms with van der Waals surface area (Å²) in [6.45, 7) is 3.05. The highest BCUT2D eigenvalue weighted by Crippen LogP contribution is 2.38. The van der Waals surface area contributed by atoms with Gasteiger partial charge in [-0.3, -0.25) is 4.90 Å². The normalized spacial score (nSPS) is 29.1. The summed E-state index contributed by atoms with van der Waals surface area (Å²) >= 11 is 6.24. The molecule has 3 nitrogen and oxygen atoms in total. The zero-order valence-electron chi connectivity index (χ0n) is 11.9. The third-order valence-electron chi connectivity index (χ3n) is 4.92. The van der Waals surface area contributed by atoms with Gasteiger partial charge in [-0.25, -0.2) is 4.98 Å². The van der Waals surface area contributed by atoms with Crippen molar-refractivity contribution in [3.8, 4) is 0 Å². The Morgan fingerprint density at radius 3 is 2.67 bits per heavy atom. The highest BCUT2D eigenvalue weighted by molar-refractivity contribution is 6.35. The van der Waals surface area contributed by atoms with E-state index in [4.69, 9.17) is 16.6 Å². The SMILES string of the molecule is OC1C[C@@H]2CN(Cc3ccc4cccc(Cl)c4n3)C[C@@H]2C1. The Morgan fingerprint density at radius 2 is 1.90 bits per heavy atom. The number of aliphatic hydroxyl groups is 1. The van der Waals surface area contributed by atoms with Crippen LogP contribution >= 0.6 is 11.6 Å². The third-order valence-corrected chi connectivity index (χ3v) is 5.22. The van der Waals surface area contributed by atoms with Crippen molar-refractivity contribution in [2.45, 2.75) is 25.5 Å². The standard InChI is InChI=1S/C17H19ClN2O/c18-16-3-1-2-11-4-5-14(19-17(11)16)10-20-8-12-6-15(21)7-13(12)9-20/h1-5,12-13,15,21H,6-10H2/t12-,13+,15?. The number of fused-ring (bicyclic) bond motifs is 2. The maximum atomic E-state index is 9.71. The summed E-state index contributed by atoms with van der Waals surface area (Å²) in [4.78, 5) is 7.19. The van der Waals surface area contributed by atoms with Crippen LogP contribution in [0, 0.1) is 11.8 Å². The maximum Gasteiger partial charge on any atom is 0.0891 e. The monoisotopic (exact) mass is 302 g/mol. The van der Waals surface area contributed by atoms with Gasteiger partial charge in [-0.2, -0.15) is 0 Å². The van der Waals surface area contributed by atoms with Crippen LogP contribution in [0.1, 0.15) is 18.5 Å². The average molecular weight is 303 g/mol. The molecule has 21 heavy (non-hydrogen) atoms. The van der Waals surface area contributed by atoms with Gasteiger partial charge in [-0.05, 0) is 36.8 Å². The molecule has 1 saturated heterocycles. The fraction of sp³-hybridized carbons (Fsp3) is 0.471. The van der Waals surface area contributed by atoms with E-state index >= 15 is 0 Å². The minimum absolute atomic E-state index is 0.0697. The summed E-state index contributed by atoms with van der Waals surface area (Å²) in [7, 11) is 0. The van der Waals surface area contributed by atoms with E-state index in [1.807, 2.05) is 18.2 Å². The summed E-state index contributed by atoms with van der Waals surface area (Å²) in [5.41, 5.74) is 1.97. The molecule has 0 amide bonds. The molecule has 110 valence electrons. The smallest absolute Gasteiger partial charge is 0.0891 e. The van der Waals surface area contributed by atoms with Gasteiger partial charge >= 0.3 is 0 Å². The van der Waals surface area contributed by atoms with Crippen molar-refractivity contribution in [1.82, 2.24) is 9.88 Å². The first kappa shape index (κ1) is 13.5. The molecule has 1 aliphatic carbocycles. The number of hydrogen-bond donors (Lipinski definition) is 1. The second-order valence-electron chi connectivity index (χ2n) is 6.45. The molecule has 0 radical (unpaired) electrons. The number of benzene rings is 1. The summed E-state index contributed by atoms with van der Waals surface area (Å²) < 4.78 is 0. The van der Waals surface area contributed by atoms with E-state index in [2.05, 4.69) is 17.0 Å². The van der Waals surface area contributed by atoms with E-state index in [1.54, 1.807) is 0 Å². The van der Waals surface area contributed by atoms with Crippen LogP contribution in [-0.2, 0) is 6.54 Å². The van der Waals surface area contributed by atoms with Crippen LogP contribution in [0.25, 0.3) is 10.9 Å². The lowest BCUT2D eigenvalue weighted by Crippen LogP contribution is -2.23. The van der Waals surface area contributed by atoms with Gasteiger partial charge in [-0.1, -0.05) is 29.8 Å². The van der Waals surface area contributed by atoms with Crippen molar-refractivity contribution in [3.05, 3.63) is 41.0 Å². The molecule has 1 aliphatic heterocycles. The molecule has 0 spiro atoms. The van der Waals surface area contributed by atoms with E-state index in [0.717, 1.165) is 54.1 Å². The molecule has 1 unspecified atom stereocenters. The quantitative estimate of drug-likeness (QED) is 0.926. The Bertz CT molecular complexity index is 661. The van der Waals surface area contributed by atoms with Gasteiger partial charge in [0.1, 0.15) is 0 Å². The van der Waals surface area contributed by atoms with Crippen molar-refractivity contribution >= 4 is 22.5 Å². The van der Waals surface area contributed by atoms with Crippen molar-refractivity contribution < 1.29 is 5.11 Å².